The minimum Gasteiger partial charge on any atom is -0.383 e. The van der Waals surface area contributed by atoms with Gasteiger partial charge in [0.15, 0.2) is 0 Å². The van der Waals surface area contributed by atoms with E-state index in [-0.39, 0.29) is 0 Å². The fourth-order valence-electron chi connectivity index (χ4n) is 4.73. The number of ether oxygens (including phenoxy) is 1. The summed E-state index contributed by atoms with van der Waals surface area (Å²) in [5, 5.41) is 0. The van der Waals surface area contributed by atoms with Crippen molar-refractivity contribution in [3.63, 3.8) is 0 Å². The maximum atomic E-state index is 5.54. The summed E-state index contributed by atoms with van der Waals surface area (Å²) >= 11 is 0. The smallest absolute Gasteiger partial charge is 0.0618 e. The molecule has 1 saturated carbocycles. The van der Waals surface area contributed by atoms with Crippen LogP contribution in [0.2, 0.25) is 0 Å². The number of hydrogen-bond donors (Lipinski definition) is 0. The average molecular weight is 329 g/mol. The van der Waals surface area contributed by atoms with Gasteiger partial charge in [-0.25, -0.2) is 0 Å². The molecule has 0 bridgehead atoms. The summed E-state index contributed by atoms with van der Waals surface area (Å²) in [5.74, 6) is 1.02. The number of methoxy groups -OCH3 is 1. The first-order valence-corrected chi connectivity index (χ1v) is 9.62. The lowest BCUT2D eigenvalue weighted by atomic mass is 9.76. The Hall–Kier alpha value is -0.970. The third-order valence-electron chi connectivity index (χ3n) is 6.30. The van der Waals surface area contributed by atoms with Crippen LogP contribution in [0.25, 0.3) is 0 Å². The molecular formula is C20H31N3O. The van der Waals surface area contributed by atoms with Crippen LogP contribution < -0.4 is 0 Å². The van der Waals surface area contributed by atoms with Gasteiger partial charge in [-0.2, -0.15) is 0 Å². The first-order chi connectivity index (χ1) is 11.8. The van der Waals surface area contributed by atoms with Crippen molar-refractivity contribution in [2.24, 2.45) is 11.3 Å². The summed E-state index contributed by atoms with van der Waals surface area (Å²) in [5.41, 5.74) is 1.69. The topological polar surface area (TPSA) is 28.6 Å². The monoisotopic (exact) mass is 329 g/mol. The highest BCUT2D eigenvalue weighted by Crippen LogP contribution is 2.44. The van der Waals surface area contributed by atoms with Gasteiger partial charge in [0.25, 0.3) is 0 Å². The Morgan fingerprint density at radius 3 is 2.75 bits per heavy atom. The van der Waals surface area contributed by atoms with Crippen molar-refractivity contribution in [1.82, 2.24) is 14.8 Å². The Balaban J connectivity index is 1.38. The van der Waals surface area contributed by atoms with Gasteiger partial charge >= 0.3 is 0 Å². The summed E-state index contributed by atoms with van der Waals surface area (Å²) < 4.78 is 5.54. The molecule has 1 aromatic rings. The second-order valence-corrected chi connectivity index (χ2v) is 8.28. The summed E-state index contributed by atoms with van der Waals surface area (Å²) in [6.45, 7) is 6.98. The van der Waals surface area contributed by atoms with Crippen LogP contribution in [0, 0.1) is 11.3 Å². The Morgan fingerprint density at radius 2 is 2.08 bits per heavy atom. The van der Waals surface area contributed by atoms with E-state index in [9.17, 15) is 0 Å². The van der Waals surface area contributed by atoms with Crippen LogP contribution in [0.4, 0.5) is 0 Å². The third-order valence-corrected chi connectivity index (χ3v) is 6.30. The quantitative estimate of drug-likeness (QED) is 0.802. The molecule has 1 aromatic heterocycles. The number of aromatic nitrogens is 1. The highest BCUT2D eigenvalue weighted by Gasteiger charge is 2.45. The number of nitrogens with zero attached hydrogens (tertiary/aromatic N) is 3. The van der Waals surface area contributed by atoms with Gasteiger partial charge in [0.2, 0.25) is 0 Å². The van der Waals surface area contributed by atoms with E-state index >= 15 is 0 Å². The first kappa shape index (κ1) is 16.5. The van der Waals surface area contributed by atoms with E-state index in [1.165, 1.54) is 64.0 Å². The SMILES string of the molecule is COC[C@H]1CC2(CCN(CC3CC3)CC2)CN1Cc1ccccn1. The van der Waals surface area contributed by atoms with Gasteiger partial charge in [-0.3, -0.25) is 9.88 Å². The van der Waals surface area contributed by atoms with Gasteiger partial charge in [0.05, 0.1) is 12.3 Å². The Morgan fingerprint density at radius 1 is 1.25 bits per heavy atom. The van der Waals surface area contributed by atoms with E-state index in [0.717, 1.165) is 19.1 Å². The largest absolute Gasteiger partial charge is 0.383 e. The molecule has 0 amide bonds. The molecular weight excluding hydrogens is 298 g/mol. The van der Waals surface area contributed by atoms with Crippen LogP contribution >= 0.6 is 0 Å². The van der Waals surface area contributed by atoms with Crippen molar-refractivity contribution in [2.75, 3.05) is 39.9 Å². The third kappa shape index (κ3) is 3.81. The molecule has 4 nitrogen and oxygen atoms in total. The van der Waals surface area contributed by atoms with Gasteiger partial charge in [-0.05, 0) is 68.7 Å². The molecule has 1 spiro atoms. The molecule has 4 heteroatoms. The molecule has 3 aliphatic rings. The minimum atomic E-state index is 0.512. The van der Waals surface area contributed by atoms with E-state index in [1.807, 2.05) is 19.4 Å². The predicted octanol–water partition coefficient (Wildman–Crippen LogP) is 2.79. The summed E-state index contributed by atoms with van der Waals surface area (Å²) in [7, 11) is 1.84. The maximum Gasteiger partial charge on any atom is 0.0618 e. The molecule has 3 fully saturated rings. The van der Waals surface area contributed by atoms with Gasteiger partial charge in [0, 0.05) is 39.0 Å². The van der Waals surface area contributed by atoms with Crippen molar-refractivity contribution >= 4 is 0 Å². The molecule has 2 saturated heterocycles. The Kier molecular flexibility index (Phi) is 4.88. The molecule has 4 rings (SSSR count). The zero-order chi connectivity index (χ0) is 16.4. The predicted molar refractivity (Wildman–Crippen MR) is 95.8 cm³/mol. The number of pyridine rings is 1. The number of piperidine rings is 1. The molecule has 24 heavy (non-hydrogen) atoms. The first-order valence-electron chi connectivity index (χ1n) is 9.62. The van der Waals surface area contributed by atoms with Crippen molar-refractivity contribution in [3.8, 4) is 0 Å². The lowest BCUT2D eigenvalue weighted by Gasteiger charge is -2.39. The van der Waals surface area contributed by atoms with E-state index in [2.05, 4.69) is 26.9 Å². The van der Waals surface area contributed by atoms with Crippen molar-refractivity contribution in [1.29, 1.82) is 0 Å². The van der Waals surface area contributed by atoms with Crippen LogP contribution in [-0.4, -0.2) is 60.7 Å². The summed E-state index contributed by atoms with van der Waals surface area (Å²) in [6, 6.07) is 6.78. The number of likely N-dealkylation sites (tertiary alicyclic amines) is 2. The molecule has 1 atom stereocenters. The fourth-order valence-corrected chi connectivity index (χ4v) is 4.73. The van der Waals surface area contributed by atoms with Crippen LogP contribution in [0.3, 0.4) is 0 Å². The molecule has 0 radical (unpaired) electrons. The van der Waals surface area contributed by atoms with E-state index in [4.69, 9.17) is 4.74 Å². The zero-order valence-corrected chi connectivity index (χ0v) is 15.0. The van der Waals surface area contributed by atoms with Gasteiger partial charge in [0.1, 0.15) is 0 Å². The van der Waals surface area contributed by atoms with Crippen molar-refractivity contribution in [2.45, 2.75) is 44.7 Å². The van der Waals surface area contributed by atoms with E-state index in [0.29, 0.717) is 11.5 Å². The van der Waals surface area contributed by atoms with Crippen molar-refractivity contribution in [3.05, 3.63) is 30.1 Å². The lowest BCUT2D eigenvalue weighted by Crippen LogP contribution is -2.42. The van der Waals surface area contributed by atoms with E-state index < -0.39 is 0 Å². The Labute approximate surface area is 146 Å². The molecule has 3 heterocycles. The molecule has 132 valence electrons. The molecule has 2 aliphatic heterocycles. The summed E-state index contributed by atoms with van der Waals surface area (Å²) in [6.07, 6.45) is 8.86. The van der Waals surface area contributed by atoms with Crippen LogP contribution in [0.5, 0.6) is 0 Å². The van der Waals surface area contributed by atoms with Crippen LogP contribution in [0.1, 0.15) is 37.8 Å². The second-order valence-electron chi connectivity index (χ2n) is 8.28. The fraction of sp³-hybridized carbons (Fsp3) is 0.750. The van der Waals surface area contributed by atoms with Crippen molar-refractivity contribution < 1.29 is 4.74 Å². The molecule has 0 unspecified atom stereocenters. The number of rotatable bonds is 6. The molecule has 0 N–H and O–H groups in total. The molecule has 0 aromatic carbocycles. The van der Waals surface area contributed by atoms with Gasteiger partial charge in [-0.1, -0.05) is 6.07 Å². The minimum absolute atomic E-state index is 0.512. The number of hydrogen-bond acceptors (Lipinski definition) is 4. The summed E-state index contributed by atoms with van der Waals surface area (Å²) in [4.78, 5) is 9.88. The van der Waals surface area contributed by atoms with E-state index in [1.54, 1.807) is 0 Å². The lowest BCUT2D eigenvalue weighted by molar-refractivity contribution is 0.102. The zero-order valence-electron chi connectivity index (χ0n) is 15.0. The second kappa shape index (κ2) is 7.11. The van der Waals surface area contributed by atoms with Gasteiger partial charge in [-0.15, -0.1) is 0 Å². The highest BCUT2D eigenvalue weighted by molar-refractivity contribution is 5.06. The van der Waals surface area contributed by atoms with Gasteiger partial charge < -0.3 is 9.64 Å². The Bertz CT molecular complexity index is 523. The maximum absolute atomic E-state index is 5.54. The standard InChI is InChI=1S/C20H31N3O/c1-24-15-19-12-20(7-10-22(11-8-20)13-17-5-6-17)16-23(19)14-18-4-2-3-9-21-18/h2-4,9,17,19H,5-8,10-16H2,1H3/t19-/m1/s1. The van der Waals surface area contributed by atoms with Crippen LogP contribution in [0.15, 0.2) is 24.4 Å². The normalized spacial score (nSPS) is 27.8. The average Bonchev–Trinajstić information content (AvgIpc) is 3.36. The van der Waals surface area contributed by atoms with Crippen LogP contribution in [-0.2, 0) is 11.3 Å². The highest BCUT2D eigenvalue weighted by atomic mass is 16.5. The molecule has 1 aliphatic carbocycles.